The molecule has 1 amide bonds. The van der Waals surface area contributed by atoms with E-state index < -0.39 is 35.7 Å². The summed E-state index contributed by atoms with van der Waals surface area (Å²) in [5.41, 5.74) is -0.218. The highest BCUT2D eigenvalue weighted by molar-refractivity contribution is 5.73. The van der Waals surface area contributed by atoms with Crippen molar-refractivity contribution in [2.24, 2.45) is 5.92 Å². The van der Waals surface area contributed by atoms with E-state index in [-0.39, 0.29) is 13.0 Å². The van der Waals surface area contributed by atoms with Crippen molar-refractivity contribution in [3.8, 4) is 5.75 Å². The van der Waals surface area contributed by atoms with Crippen LogP contribution in [0.1, 0.15) is 26.3 Å². The standard InChI is InChI=1S/C16H20F3NO5/c1-15(2,3)25-14(23)20-9-11(13(21)22)8-10-4-6-12(7-5-10)24-16(17,18)19/h4-7,11H,8-9H2,1-3H3,(H,20,23)(H,21,22)/t11-/m1/s1. The van der Waals surface area contributed by atoms with Crippen molar-refractivity contribution < 1.29 is 37.3 Å². The van der Waals surface area contributed by atoms with Gasteiger partial charge in [-0.15, -0.1) is 13.2 Å². The Morgan fingerprint density at radius 3 is 2.16 bits per heavy atom. The van der Waals surface area contributed by atoms with E-state index in [1.807, 2.05) is 0 Å². The quantitative estimate of drug-likeness (QED) is 0.810. The number of aliphatic carboxylic acids is 1. The van der Waals surface area contributed by atoms with Gasteiger partial charge in [0.2, 0.25) is 0 Å². The molecule has 1 rings (SSSR count). The van der Waals surface area contributed by atoms with E-state index in [2.05, 4.69) is 10.1 Å². The number of hydrogen-bond acceptors (Lipinski definition) is 4. The Morgan fingerprint density at radius 1 is 1.16 bits per heavy atom. The van der Waals surface area contributed by atoms with Gasteiger partial charge in [-0.3, -0.25) is 4.79 Å². The Labute approximate surface area is 142 Å². The third kappa shape index (κ3) is 8.83. The van der Waals surface area contributed by atoms with E-state index in [0.717, 1.165) is 12.1 Å². The fourth-order valence-electron chi connectivity index (χ4n) is 1.88. The number of ether oxygens (including phenoxy) is 2. The number of halogens is 3. The largest absolute Gasteiger partial charge is 0.573 e. The molecule has 0 saturated carbocycles. The molecule has 0 heterocycles. The maximum atomic E-state index is 12.1. The predicted octanol–water partition coefficient (Wildman–Crippen LogP) is 3.35. The summed E-state index contributed by atoms with van der Waals surface area (Å²) in [6, 6.07) is 4.88. The second-order valence-corrected chi connectivity index (χ2v) is 6.31. The summed E-state index contributed by atoms with van der Waals surface area (Å²) >= 11 is 0. The fourth-order valence-corrected chi connectivity index (χ4v) is 1.88. The van der Waals surface area contributed by atoms with E-state index in [4.69, 9.17) is 4.74 Å². The predicted molar refractivity (Wildman–Crippen MR) is 82.2 cm³/mol. The molecule has 0 saturated heterocycles. The first-order chi connectivity index (χ1) is 11.4. The van der Waals surface area contributed by atoms with E-state index in [9.17, 15) is 27.9 Å². The minimum absolute atomic E-state index is 0.0252. The molecule has 0 aliphatic carbocycles. The average Bonchev–Trinajstić information content (AvgIpc) is 2.41. The monoisotopic (exact) mass is 363 g/mol. The van der Waals surface area contributed by atoms with Gasteiger partial charge in [-0.1, -0.05) is 12.1 Å². The van der Waals surface area contributed by atoms with E-state index in [0.29, 0.717) is 5.56 Å². The molecule has 0 aliphatic rings. The SMILES string of the molecule is CC(C)(C)OC(=O)NC[C@@H](Cc1ccc(OC(F)(F)F)cc1)C(=O)O. The number of rotatable bonds is 6. The Kier molecular flexibility index (Phi) is 6.66. The molecule has 1 atom stereocenters. The first-order valence-corrected chi connectivity index (χ1v) is 7.40. The van der Waals surface area contributed by atoms with Gasteiger partial charge in [-0.25, -0.2) is 4.79 Å². The lowest BCUT2D eigenvalue weighted by atomic mass is 9.99. The van der Waals surface area contributed by atoms with Gasteiger partial charge in [0.1, 0.15) is 11.4 Å². The normalized spacial score (nSPS) is 13.0. The molecule has 0 aromatic heterocycles. The molecule has 1 aromatic rings. The molecule has 0 fully saturated rings. The van der Waals surface area contributed by atoms with Crippen LogP contribution in [0, 0.1) is 5.92 Å². The van der Waals surface area contributed by atoms with Gasteiger partial charge in [0.25, 0.3) is 0 Å². The topological polar surface area (TPSA) is 84.9 Å². The Bertz CT molecular complexity index is 593. The van der Waals surface area contributed by atoms with E-state index in [1.54, 1.807) is 20.8 Å². The van der Waals surface area contributed by atoms with Crippen LogP contribution in [0.5, 0.6) is 5.75 Å². The van der Waals surface area contributed by atoms with E-state index in [1.165, 1.54) is 12.1 Å². The summed E-state index contributed by atoms with van der Waals surface area (Å²) in [7, 11) is 0. The second-order valence-electron chi connectivity index (χ2n) is 6.31. The molecular weight excluding hydrogens is 343 g/mol. The second kappa shape index (κ2) is 8.09. The molecule has 0 radical (unpaired) electrons. The van der Waals surface area contributed by atoms with Crippen LogP contribution in [0.3, 0.4) is 0 Å². The number of carboxylic acids is 1. The van der Waals surface area contributed by atoms with Gasteiger partial charge < -0.3 is 19.9 Å². The fraction of sp³-hybridized carbons (Fsp3) is 0.500. The molecule has 0 aliphatic heterocycles. The van der Waals surface area contributed by atoms with Crippen LogP contribution in [0.2, 0.25) is 0 Å². The third-order valence-corrected chi connectivity index (χ3v) is 2.88. The number of alkyl carbamates (subject to hydrolysis) is 1. The zero-order chi connectivity index (χ0) is 19.3. The summed E-state index contributed by atoms with van der Waals surface area (Å²) in [4.78, 5) is 22.9. The smallest absolute Gasteiger partial charge is 0.481 e. The Hall–Kier alpha value is -2.45. The maximum Gasteiger partial charge on any atom is 0.573 e. The molecule has 140 valence electrons. The first-order valence-electron chi connectivity index (χ1n) is 7.40. The lowest BCUT2D eigenvalue weighted by Crippen LogP contribution is -2.37. The summed E-state index contributed by atoms with van der Waals surface area (Å²) in [6.45, 7) is 4.84. The van der Waals surface area contributed by atoms with Crippen molar-refractivity contribution in [1.82, 2.24) is 5.32 Å². The summed E-state index contributed by atoms with van der Waals surface area (Å²) in [6.07, 6.45) is -5.51. The van der Waals surface area contributed by atoms with E-state index >= 15 is 0 Å². The zero-order valence-corrected chi connectivity index (χ0v) is 14.0. The molecule has 0 bridgehead atoms. The van der Waals surface area contributed by atoms with Crippen molar-refractivity contribution in [3.63, 3.8) is 0 Å². The molecule has 6 nitrogen and oxygen atoms in total. The van der Waals surface area contributed by atoms with Crippen LogP contribution < -0.4 is 10.1 Å². The highest BCUT2D eigenvalue weighted by Crippen LogP contribution is 2.23. The van der Waals surface area contributed by atoms with Crippen LogP contribution in [-0.4, -0.2) is 35.7 Å². The lowest BCUT2D eigenvalue weighted by molar-refractivity contribution is -0.274. The minimum atomic E-state index is -4.79. The van der Waals surface area contributed by atoms with Crippen LogP contribution in [0.25, 0.3) is 0 Å². The minimum Gasteiger partial charge on any atom is -0.481 e. The van der Waals surface area contributed by atoms with Crippen molar-refractivity contribution in [2.75, 3.05) is 6.54 Å². The number of carboxylic acid groups (broad SMARTS) is 1. The lowest BCUT2D eigenvalue weighted by Gasteiger charge is -2.21. The van der Waals surface area contributed by atoms with Crippen molar-refractivity contribution >= 4 is 12.1 Å². The molecule has 0 spiro atoms. The van der Waals surface area contributed by atoms with Crippen LogP contribution >= 0.6 is 0 Å². The van der Waals surface area contributed by atoms with Gasteiger partial charge >= 0.3 is 18.4 Å². The van der Waals surface area contributed by atoms with Crippen molar-refractivity contribution in [1.29, 1.82) is 0 Å². The summed E-state index contributed by atoms with van der Waals surface area (Å²) < 4.78 is 45.1. The van der Waals surface area contributed by atoms with Crippen LogP contribution in [0.15, 0.2) is 24.3 Å². The number of benzene rings is 1. The Balaban J connectivity index is 2.63. The van der Waals surface area contributed by atoms with Crippen LogP contribution in [-0.2, 0) is 16.0 Å². The maximum absolute atomic E-state index is 12.1. The van der Waals surface area contributed by atoms with Gasteiger partial charge in [0, 0.05) is 6.54 Å². The molecule has 9 heteroatoms. The Morgan fingerprint density at radius 2 is 1.72 bits per heavy atom. The third-order valence-electron chi connectivity index (χ3n) is 2.88. The number of nitrogens with one attached hydrogen (secondary N) is 1. The van der Waals surface area contributed by atoms with Crippen molar-refractivity contribution in [2.45, 2.75) is 39.2 Å². The highest BCUT2D eigenvalue weighted by Gasteiger charge is 2.31. The zero-order valence-electron chi connectivity index (χ0n) is 14.0. The molecule has 25 heavy (non-hydrogen) atoms. The molecule has 2 N–H and O–H groups in total. The number of amides is 1. The summed E-state index contributed by atoms with van der Waals surface area (Å²) in [5.74, 6) is -2.50. The number of carbonyl (C=O) groups is 2. The summed E-state index contributed by atoms with van der Waals surface area (Å²) in [5, 5.41) is 11.6. The van der Waals surface area contributed by atoms with Gasteiger partial charge in [0.05, 0.1) is 5.92 Å². The molecule has 1 aromatic carbocycles. The highest BCUT2D eigenvalue weighted by atomic mass is 19.4. The van der Waals surface area contributed by atoms with Gasteiger partial charge in [-0.05, 0) is 44.9 Å². The molecule has 0 unspecified atom stereocenters. The number of hydrogen-bond donors (Lipinski definition) is 2. The molecular formula is C16H20F3NO5. The number of alkyl halides is 3. The number of carbonyl (C=O) groups excluding carboxylic acids is 1. The average molecular weight is 363 g/mol. The first kappa shape index (κ1) is 20.6. The van der Waals surface area contributed by atoms with Crippen molar-refractivity contribution in [3.05, 3.63) is 29.8 Å². The van der Waals surface area contributed by atoms with Crippen LogP contribution in [0.4, 0.5) is 18.0 Å². The van der Waals surface area contributed by atoms with Gasteiger partial charge in [0.15, 0.2) is 0 Å². The van der Waals surface area contributed by atoms with Gasteiger partial charge in [-0.2, -0.15) is 0 Å².